The van der Waals surface area contributed by atoms with Gasteiger partial charge in [-0.2, -0.15) is 0 Å². The van der Waals surface area contributed by atoms with Crippen LogP contribution in [0.3, 0.4) is 0 Å². The van der Waals surface area contributed by atoms with E-state index < -0.39 is 17.6 Å². The Bertz CT molecular complexity index is 657. The molecule has 0 fully saturated rings. The fourth-order valence-corrected chi connectivity index (χ4v) is 1.42. The van der Waals surface area contributed by atoms with Gasteiger partial charge in [-0.15, -0.1) is 0 Å². The van der Waals surface area contributed by atoms with Gasteiger partial charge in [-0.1, -0.05) is 0 Å². The van der Waals surface area contributed by atoms with E-state index in [1.54, 1.807) is 0 Å². The number of hydrogen-bond acceptors (Lipinski definition) is 3. The second-order valence-electron chi connectivity index (χ2n) is 3.60. The van der Waals surface area contributed by atoms with Gasteiger partial charge in [0.25, 0.3) is 0 Å². The van der Waals surface area contributed by atoms with E-state index in [9.17, 15) is 13.6 Å². The van der Waals surface area contributed by atoms with Crippen LogP contribution in [0.4, 0.5) is 8.78 Å². The quantitative estimate of drug-likeness (QED) is 0.863. The van der Waals surface area contributed by atoms with E-state index in [1.807, 2.05) is 0 Å². The van der Waals surface area contributed by atoms with E-state index in [0.717, 1.165) is 18.2 Å². The third kappa shape index (κ3) is 3.19. The molecule has 0 aliphatic rings. The summed E-state index contributed by atoms with van der Waals surface area (Å²) in [7, 11) is 0. The van der Waals surface area contributed by atoms with Crippen molar-refractivity contribution in [3.8, 4) is 11.3 Å². The molecule has 0 saturated heterocycles. The van der Waals surface area contributed by atoms with Crippen LogP contribution < -0.4 is 0 Å². The van der Waals surface area contributed by atoms with Crippen molar-refractivity contribution in [3.05, 3.63) is 54.0 Å². The summed E-state index contributed by atoms with van der Waals surface area (Å²) < 4.78 is 25.9. The van der Waals surface area contributed by atoms with E-state index in [2.05, 4.69) is 9.97 Å². The Balaban J connectivity index is 2.37. The van der Waals surface area contributed by atoms with Crippen LogP contribution in [0.5, 0.6) is 0 Å². The van der Waals surface area contributed by atoms with Gasteiger partial charge >= 0.3 is 5.97 Å². The summed E-state index contributed by atoms with van der Waals surface area (Å²) in [5.74, 6) is -2.87. The zero-order valence-corrected chi connectivity index (χ0v) is 9.55. The molecule has 1 N–H and O–H groups in total. The summed E-state index contributed by atoms with van der Waals surface area (Å²) in [6, 6.07) is 4.91. The Labute approximate surface area is 107 Å². The molecule has 0 radical (unpaired) electrons. The van der Waals surface area contributed by atoms with Crippen molar-refractivity contribution in [2.75, 3.05) is 0 Å². The number of nitrogens with zero attached hydrogens (tertiary/aromatic N) is 2. The normalized spacial score (nSPS) is 10.8. The van der Waals surface area contributed by atoms with Crippen LogP contribution in [0, 0.1) is 11.6 Å². The van der Waals surface area contributed by atoms with E-state index in [1.165, 1.54) is 24.4 Å². The number of aliphatic carboxylic acids is 1. The average Bonchev–Trinajstić information content (AvgIpc) is 2.40. The zero-order chi connectivity index (χ0) is 13.8. The molecular weight excluding hydrogens is 254 g/mol. The van der Waals surface area contributed by atoms with Crippen LogP contribution in [-0.4, -0.2) is 21.0 Å². The van der Waals surface area contributed by atoms with E-state index in [0.29, 0.717) is 11.3 Å². The number of benzene rings is 1. The van der Waals surface area contributed by atoms with Gasteiger partial charge in [0, 0.05) is 17.8 Å². The molecule has 19 heavy (non-hydrogen) atoms. The van der Waals surface area contributed by atoms with Crippen molar-refractivity contribution in [1.29, 1.82) is 0 Å². The van der Waals surface area contributed by atoms with Crippen LogP contribution in [0.2, 0.25) is 0 Å². The van der Waals surface area contributed by atoms with Crippen LogP contribution >= 0.6 is 0 Å². The molecule has 0 atom stereocenters. The van der Waals surface area contributed by atoms with Gasteiger partial charge in [-0.25, -0.2) is 23.5 Å². The lowest BCUT2D eigenvalue weighted by molar-refractivity contribution is -0.131. The van der Waals surface area contributed by atoms with Crippen molar-refractivity contribution < 1.29 is 18.7 Å². The van der Waals surface area contributed by atoms with E-state index in [-0.39, 0.29) is 5.82 Å². The maximum Gasteiger partial charge on any atom is 0.328 e. The first-order valence-electron chi connectivity index (χ1n) is 5.26. The molecule has 0 amide bonds. The Kier molecular flexibility index (Phi) is 3.61. The molecule has 0 spiro atoms. The maximum atomic E-state index is 13.1. The highest BCUT2D eigenvalue weighted by Gasteiger charge is 2.06. The summed E-state index contributed by atoms with van der Waals surface area (Å²) in [6.45, 7) is 0. The molecular formula is C13H8F2N2O2. The first-order valence-corrected chi connectivity index (χ1v) is 5.26. The molecule has 1 heterocycles. The second-order valence-corrected chi connectivity index (χ2v) is 3.60. The van der Waals surface area contributed by atoms with Crippen molar-refractivity contribution in [2.24, 2.45) is 0 Å². The number of carboxylic acids is 1. The highest BCUT2D eigenvalue weighted by Crippen LogP contribution is 2.19. The Morgan fingerprint density at radius 3 is 2.68 bits per heavy atom. The number of rotatable bonds is 3. The number of hydrogen-bond donors (Lipinski definition) is 1. The molecule has 0 aliphatic carbocycles. The lowest BCUT2D eigenvalue weighted by Crippen LogP contribution is -1.93. The lowest BCUT2D eigenvalue weighted by Gasteiger charge is -2.02. The lowest BCUT2D eigenvalue weighted by atomic mass is 10.1. The van der Waals surface area contributed by atoms with E-state index >= 15 is 0 Å². The van der Waals surface area contributed by atoms with Gasteiger partial charge < -0.3 is 5.11 Å². The monoisotopic (exact) mass is 262 g/mol. The maximum absolute atomic E-state index is 13.1. The largest absolute Gasteiger partial charge is 0.478 e. The average molecular weight is 262 g/mol. The molecule has 6 heteroatoms. The number of aromatic nitrogens is 2. The first-order chi connectivity index (χ1) is 9.06. The minimum atomic E-state index is -1.12. The molecule has 0 saturated carbocycles. The number of carbonyl (C=O) groups is 1. The summed E-state index contributed by atoms with van der Waals surface area (Å²) in [6.07, 6.45) is 3.52. The molecule has 0 bridgehead atoms. The second kappa shape index (κ2) is 5.34. The summed E-state index contributed by atoms with van der Waals surface area (Å²) >= 11 is 0. The van der Waals surface area contributed by atoms with Crippen LogP contribution in [0.25, 0.3) is 17.3 Å². The smallest absolute Gasteiger partial charge is 0.328 e. The van der Waals surface area contributed by atoms with Crippen LogP contribution in [0.1, 0.15) is 5.82 Å². The fourth-order valence-electron chi connectivity index (χ4n) is 1.42. The molecule has 1 aromatic heterocycles. The van der Waals surface area contributed by atoms with Crippen molar-refractivity contribution in [1.82, 2.24) is 9.97 Å². The van der Waals surface area contributed by atoms with Crippen molar-refractivity contribution in [3.63, 3.8) is 0 Å². The van der Waals surface area contributed by atoms with Crippen LogP contribution in [0.15, 0.2) is 36.5 Å². The highest BCUT2D eigenvalue weighted by atomic mass is 19.2. The molecule has 2 aromatic rings. The summed E-state index contributed by atoms with van der Waals surface area (Å²) in [5, 5.41) is 8.49. The van der Waals surface area contributed by atoms with E-state index in [4.69, 9.17) is 5.11 Å². The summed E-state index contributed by atoms with van der Waals surface area (Å²) in [5.41, 5.74) is 0.755. The van der Waals surface area contributed by atoms with Gasteiger partial charge in [0.2, 0.25) is 0 Å². The SMILES string of the molecule is O=C(O)/C=C/c1nccc(-c2ccc(F)c(F)c2)n1. The minimum Gasteiger partial charge on any atom is -0.478 e. The standard InChI is InChI=1S/C13H8F2N2O2/c14-9-2-1-8(7-10(9)15)11-5-6-16-12(17-11)3-4-13(18)19/h1-7H,(H,18,19)/b4-3+. The minimum absolute atomic E-state index is 0.171. The summed E-state index contributed by atoms with van der Waals surface area (Å²) in [4.78, 5) is 18.3. The molecule has 2 rings (SSSR count). The molecule has 0 unspecified atom stereocenters. The molecule has 1 aromatic carbocycles. The molecule has 96 valence electrons. The van der Waals surface area contributed by atoms with Gasteiger partial charge in [-0.3, -0.25) is 0 Å². The Hall–Kier alpha value is -2.63. The van der Waals surface area contributed by atoms with Crippen molar-refractivity contribution in [2.45, 2.75) is 0 Å². The van der Waals surface area contributed by atoms with Gasteiger partial charge in [-0.05, 0) is 30.3 Å². The highest BCUT2D eigenvalue weighted by molar-refractivity contribution is 5.84. The van der Waals surface area contributed by atoms with Gasteiger partial charge in [0.05, 0.1) is 5.69 Å². The third-order valence-electron chi connectivity index (χ3n) is 2.26. The van der Waals surface area contributed by atoms with Crippen molar-refractivity contribution >= 4 is 12.0 Å². The zero-order valence-electron chi connectivity index (χ0n) is 9.55. The van der Waals surface area contributed by atoms with Crippen LogP contribution in [-0.2, 0) is 4.79 Å². The Morgan fingerprint density at radius 1 is 1.21 bits per heavy atom. The third-order valence-corrected chi connectivity index (χ3v) is 2.26. The Morgan fingerprint density at radius 2 is 2.00 bits per heavy atom. The van der Waals surface area contributed by atoms with Gasteiger partial charge in [0.1, 0.15) is 0 Å². The first kappa shape index (κ1) is 12.8. The predicted molar refractivity (Wildman–Crippen MR) is 64.1 cm³/mol. The predicted octanol–water partition coefficient (Wildman–Crippen LogP) is 2.52. The fraction of sp³-hybridized carbons (Fsp3) is 0. The number of carboxylic acid groups (broad SMARTS) is 1. The topological polar surface area (TPSA) is 63.1 Å². The molecule has 4 nitrogen and oxygen atoms in total. The molecule has 0 aliphatic heterocycles. The number of halogens is 2. The van der Waals surface area contributed by atoms with Gasteiger partial charge in [0.15, 0.2) is 17.5 Å².